The second-order valence-electron chi connectivity index (χ2n) is 2.83. The van der Waals surface area contributed by atoms with Crippen LogP contribution < -0.4 is 0 Å². The van der Waals surface area contributed by atoms with Gasteiger partial charge in [-0.15, -0.1) is 0 Å². The van der Waals surface area contributed by atoms with Gasteiger partial charge in [-0.2, -0.15) is 0 Å². The van der Waals surface area contributed by atoms with Crippen molar-refractivity contribution in [3.8, 4) is 0 Å². The van der Waals surface area contributed by atoms with Crippen molar-refractivity contribution < 1.29 is 19.4 Å². The van der Waals surface area contributed by atoms with Gasteiger partial charge in [0.15, 0.2) is 0 Å². The van der Waals surface area contributed by atoms with E-state index in [0.717, 1.165) is 0 Å². The molecule has 0 spiro atoms. The van der Waals surface area contributed by atoms with Gasteiger partial charge in [0.2, 0.25) is 0 Å². The molecule has 1 amide bonds. The molecule has 72 valence electrons. The number of ether oxygens (including phenoxy) is 1. The molecule has 5 heteroatoms. The zero-order valence-corrected chi connectivity index (χ0v) is 7.27. The molecule has 0 atom stereocenters. The molecule has 1 heterocycles. The third-order valence-corrected chi connectivity index (χ3v) is 1.89. The zero-order valence-electron chi connectivity index (χ0n) is 7.27. The van der Waals surface area contributed by atoms with Crippen LogP contribution in [0.4, 0.5) is 4.79 Å². The highest BCUT2D eigenvalue weighted by Gasteiger charge is 2.28. The van der Waals surface area contributed by atoms with E-state index in [1.54, 1.807) is 6.08 Å². The van der Waals surface area contributed by atoms with Crippen LogP contribution in [-0.4, -0.2) is 42.3 Å². The second kappa shape index (κ2) is 3.93. The summed E-state index contributed by atoms with van der Waals surface area (Å²) < 4.78 is 4.39. The summed E-state index contributed by atoms with van der Waals surface area (Å²) in [6.07, 6.45) is 2.08. The minimum Gasteiger partial charge on any atom is -0.466 e. The highest BCUT2D eigenvalue weighted by atomic mass is 16.5. The quantitative estimate of drug-likeness (QED) is 0.497. The fourth-order valence-corrected chi connectivity index (χ4v) is 1.07. The summed E-state index contributed by atoms with van der Waals surface area (Å²) in [4.78, 5) is 22.2. The molecule has 0 aromatic rings. The monoisotopic (exact) mass is 185 g/mol. The lowest BCUT2D eigenvalue weighted by atomic mass is 10.0. The average Bonchev–Trinajstić information content (AvgIpc) is 2.00. The molecule has 0 aromatic carbocycles. The van der Waals surface area contributed by atoms with Crippen LogP contribution in [0.2, 0.25) is 0 Å². The predicted molar refractivity (Wildman–Crippen MR) is 44.2 cm³/mol. The van der Waals surface area contributed by atoms with Gasteiger partial charge >= 0.3 is 12.1 Å². The van der Waals surface area contributed by atoms with E-state index in [1.165, 1.54) is 18.1 Å². The number of carbonyl (C=O) groups is 2. The van der Waals surface area contributed by atoms with Gasteiger partial charge in [0.1, 0.15) is 0 Å². The van der Waals surface area contributed by atoms with Crippen LogP contribution in [0.25, 0.3) is 0 Å². The van der Waals surface area contributed by atoms with E-state index in [1.807, 2.05) is 0 Å². The number of esters is 1. The Morgan fingerprint density at radius 1 is 1.54 bits per heavy atom. The lowest BCUT2D eigenvalue weighted by Crippen LogP contribution is -2.48. The highest BCUT2D eigenvalue weighted by Crippen LogP contribution is 2.16. The lowest BCUT2D eigenvalue weighted by Gasteiger charge is -2.35. The molecule has 0 aliphatic carbocycles. The van der Waals surface area contributed by atoms with E-state index in [2.05, 4.69) is 4.74 Å². The summed E-state index contributed by atoms with van der Waals surface area (Å²) >= 11 is 0. The van der Waals surface area contributed by atoms with Crippen molar-refractivity contribution in [1.82, 2.24) is 4.90 Å². The van der Waals surface area contributed by atoms with Gasteiger partial charge in [0, 0.05) is 25.1 Å². The maximum atomic E-state index is 10.6. The van der Waals surface area contributed by atoms with Crippen LogP contribution in [0.15, 0.2) is 12.2 Å². The van der Waals surface area contributed by atoms with Gasteiger partial charge in [0.25, 0.3) is 0 Å². The Morgan fingerprint density at radius 3 is 2.62 bits per heavy atom. The first-order valence-electron chi connectivity index (χ1n) is 3.87. The maximum Gasteiger partial charge on any atom is 0.407 e. The van der Waals surface area contributed by atoms with Gasteiger partial charge < -0.3 is 14.7 Å². The molecule has 0 bridgehead atoms. The van der Waals surface area contributed by atoms with Crippen LogP contribution in [0.5, 0.6) is 0 Å². The Morgan fingerprint density at radius 2 is 2.15 bits per heavy atom. The van der Waals surface area contributed by atoms with Gasteiger partial charge in [-0.25, -0.2) is 9.59 Å². The number of hydrogen-bond acceptors (Lipinski definition) is 3. The number of hydrogen-bond donors (Lipinski definition) is 1. The van der Waals surface area contributed by atoms with E-state index in [0.29, 0.717) is 13.1 Å². The smallest absolute Gasteiger partial charge is 0.407 e. The Bertz CT molecular complexity index is 243. The van der Waals surface area contributed by atoms with Crippen molar-refractivity contribution in [2.45, 2.75) is 0 Å². The third kappa shape index (κ3) is 2.47. The summed E-state index contributed by atoms with van der Waals surface area (Å²) in [6.45, 7) is 0.922. The Labute approximate surface area is 75.6 Å². The van der Waals surface area contributed by atoms with Crippen LogP contribution in [0.3, 0.4) is 0 Å². The van der Waals surface area contributed by atoms with Gasteiger partial charge in [0.05, 0.1) is 7.11 Å². The molecule has 0 unspecified atom stereocenters. The molecule has 1 rings (SSSR count). The van der Waals surface area contributed by atoms with Gasteiger partial charge in [-0.1, -0.05) is 6.08 Å². The topological polar surface area (TPSA) is 66.8 Å². The number of nitrogens with zero attached hydrogens (tertiary/aromatic N) is 1. The Balaban J connectivity index is 2.25. The second-order valence-corrected chi connectivity index (χ2v) is 2.83. The van der Waals surface area contributed by atoms with Crippen LogP contribution in [0, 0.1) is 5.92 Å². The van der Waals surface area contributed by atoms with E-state index >= 15 is 0 Å². The first-order valence-corrected chi connectivity index (χ1v) is 3.87. The minimum atomic E-state index is -0.914. The number of carboxylic acid groups (broad SMARTS) is 1. The molecule has 1 fully saturated rings. The number of methoxy groups -OCH3 is 1. The SMILES string of the molecule is COC(=O)C=CC1CN(C(=O)O)C1. The molecule has 1 aliphatic rings. The minimum absolute atomic E-state index is 0.148. The molecular weight excluding hydrogens is 174 g/mol. The van der Waals surface area contributed by atoms with Gasteiger partial charge in [-0.3, -0.25) is 0 Å². The lowest BCUT2D eigenvalue weighted by molar-refractivity contribution is -0.134. The van der Waals surface area contributed by atoms with E-state index < -0.39 is 12.1 Å². The molecular formula is C8H11NO4. The summed E-state index contributed by atoms with van der Waals surface area (Å²) in [5, 5.41) is 8.48. The molecule has 1 saturated heterocycles. The van der Waals surface area contributed by atoms with Crippen LogP contribution >= 0.6 is 0 Å². The molecule has 0 aromatic heterocycles. The number of carbonyl (C=O) groups excluding carboxylic acids is 1. The number of likely N-dealkylation sites (tertiary alicyclic amines) is 1. The first kappa shape index (κ1) is 9.57. The molecule has 0 saturated carbocycles. The molecule has 5 nitrogen and oxygen atoms in total. The van der Waals surface area contributed by atoms with Crippen molar-refractivity contribution in [3.05, 3.63) is 12.2 Å². The molecule has 13 heavy (non-hydrogen) atoms. The van der Waals surface area contributed by atoms with E-state index in [-0.39, 0.29) is 5.92 Å². The average molecular weight is 185 g/mol. The predicted octanol–water partition coefficient (Wildman–Crippen LogP) is 0.325. The molecule has 1 aliphatic heterocycles. The van der Waals surface area contributed by atoms with Gasteiger partial charge in [-0.05, 0) is 0 Å². The van der Waals surface area contributed by atoms with Crippen molar-refractivity contribution in [2.75, 3.05) is 20.2 Å². The third-order valence-electron chi connectivity index (χ3n) is 1.89. The maximum absolute atomic E-state index is 10.6. The van der Waals surface area contributed by atoms with E-state index in [9.17, 15) is 9.59 Å². The molecule has 1 N–H and O–H groups in total. The summed E-state index contributed by atoms with van der Waals surface area (Å²) in [5.74, 6) is -0.260. The summed E-state index contributed by atoms with van der Waals surface area (Å²) in [6, 6.07) is 0. The van der Waals surface area contributed by atoms with Crippen molar-refractivity contribution >= 4 is 12.1 Å². The van der Waals surface area contributed by atoms with Crippen molar-refractivity contribution in [2.24, 2.45) is 5.92 Å². The first-order chi connectivity index (χ1) is 6.13. The molecule has 0 radical (unpaired) electrons. The fourth-order valence-electron chi connectivity index (χ4n) is 1.07. The standard InChI is InChI=1S/C8H11NO4/c1-13-7(10)3-2-6-4-9(5-6)8(11)12/h2-3,6H,4-5H2,1H3,(H,11,12). The van der Waals surface area contributed by atoms with Crippen molar-refractivity contribution in [1.29, 1.82) is 0 Å². The van der Waals surface area contributed by atoms with Crippen molar-refractivity contribution in [3.63, 3.8) is 0 Å². The van der Waals surface area contributed by atoms with Crippen LogP contribution in [0.1, 0.15) is 0 Å². The highest BCUT2D eigenvalue weighted by molar-refractivity contribution is 5.81. The Hall–Kier alpha value is -1.52. The summed E-state index contributed by atoms with van der Waals surface area (Å²) in [7, 11) is 1.30. The van der Waals surface area contributed by atoms with Crippen LogP contribution in [-0.2, 0) is 9.53 Å². The number of amides is 1. The largest absolute Gasteiger partial charge is 0.466 e. The fraction of sp³-hybridized carbons (Fsp3) is 0.500. The zero-order chi connectivity index (χ0) is 9.84. The number of rotatable bonds is 2. The van der Waals surface area contributed by atoms with E-state index in [4.69, 9.17) is 5.11 Å². The Kier molecular flexibility index (Phi) is 2.89. The normalized spacial score (nSPS) is 17.2. The summed E-state index contributed by atoms with van der Waals surface area (Å²) in [5.41, 5.74) is 0.